The molecule has 0 aromatic carbocycles. The van der Waals surface area contributed by atoms with Crippen LogP contribution in [0.5, 0.6) is 5.75 Å². The van der Waals surface area contributed by atoms with Crippen molar-refractivity contribution in [2.75, 3.05) is 13.7 Å². The maximum absolute atomic E-state index is 5.47. The molecular formula is C18H30N2O. The Bertz CT molecular complexity index is 451. The number of aromatic nitrogens is 1. The molecule has 1 aliphatic rings. The van der Waals surface area contributed by atoms with Gasteiger partial charge in [0.15, 0.2) is 0 Å². The van der Waals surface area contributed by atoms with Crippen LogP contribution < -0.4 is 10.1 Å². The van der Waals surface area contributed by atoms with E-state index in [0.29, 0.717) is 0 Å². The quantitative estimate of drug-likeness (QED) is 0.859. The second-order valence-electron chi connectivity index (χ2n) is 6.47. The molecule has 21 heavy (non-hydrogen) atoms. The molecule has 3 heteroatoms. The standard InChI is InChI=1S/C18H30N2O/c1-5-15-6-8-16(9-7-15)11-19-12-17-14(3)18(21-4)13(2)10-20-17/h10,15-16,19H,5-9,11-12H2,1-4H3. The summed E-state index contributed by atoms with van der Waals surface area (Å²) in [7, 11) is 1.73. The number of methoxy groups -OCH3 is 1. The van der Waals surface area contributed by atoms with E-state index >= 15 is 0 Å². The lowest BCUT2D eigenvalue weighted by Gasteiger charge is -2.28. The lowest BCUT2D eigenvalue weighted by Crippen LogP contribution is -2.26. The zero-order valence-corrected chi connectivity index (χ0v) is 14.0. The summed E-state index contributed by atoms with van der Waals surface area (Å²) >= 11 is 0. The number of rotatable bonds is 6. The van der Waals surface area contributed by atoms with Crippen LogP contribution in [0.2, 0.25) is 0 Å². The number of hydrogen-bond donors (Lipinski definition) is 1. The summed E-state index contributed by atoms with van der Waals surface area (Å²) in [5.41, 5.74) is 3.39. The molecule has 1 aromatic heterocycles. The number of ether oxygens (including phenoxy) is 1. The predicted molar refractivity (Wildman–Crippen MR) is 87.7 cm³/mol. The first-order chi connectivity index (χ1) is 10.2. The maximum Gasteiger partial charge on any atom is 0.128 e. The van der Waals surface area contributed by atoms with Crippen molar-refractivity contribution < 1.29 is 4.74 Å². The predicted octanol–water partition coefficient (Wildman–Crippen LogP) is 4.01. The second kappa shape index (κ2) is 7.79. The third-order valence-corrected chi connectivity index (χ3v) is 5.02. The number of pyridine rings is 1. The average molecular weight is 290 g/mol. The van der Waals surface area contributed by atoms with Gasteiger partial charge in [0.25, 0.3) is 0 Å². The summed E-state index contributed by atoms with van der Waals surface area (Å²) in [6, 6.07) is 0. The first-order valence-electron chi connectivity index (χ1n) is 8.35. The van der Waals surface area contributed by atoms with Crippen molar-refractivity contribution in [3.8, 4) is 5.75 Å². The van der Waals surface area contributed by atoms with Gasteiger partial charge in [-0.25, -0.2) is 0 Å². The number of nitrogens with one attached hydrogen (secondary N) is 1. The summed E-state index contributed by atoms with van der Waals surface area (Å²) in [4.78, 5) is 4.55. The molecule has 1 aliphatic carbocycles. The molecule has 0 radical (unpaired) electrons. The van der Waals surface area contributed by atoms with E-state index in [2.05, 4.69) is 24.1 Å². The normalized spacial score (nSPS) is 22.3. The van der Waals surface area contributed by atoms with Crippen molar-refractivity contribution in [3.05, 3.63) is 23.0 Å². The zero-order valence-electron chi connectivity index (χ0n) is 14.0. The van der Waals surface area contributed by atoms with Gasteiger partial charge in [-0.05, 0) is 45.1 Å². The van der Waals surface area contributed by atoms with Gasteiger partial charge in [-0.1, -0.05) is 26.2 Å². The number of nitrogens with zero attached hydrogens (tertiary/aromatic N) is 1. The molecule has 0 spiro atoms. The molecule has 0 unspecified atom stereocenters. The average Bonchev–Trinajstić information content (AvgIpc) is 2.51. The zero-order chi connectivity index (χ0) is 15.2. The molecule has 1 heterocycles. The van der Waals surface area contributed by atoms with E-state index in [-0.39, 0.29) is 0 Å². The Balaban J connectivity index is 1.81. The van der Waals surface area contributed by atoms with Crippen molar-refractivity contribution in [1.29, 1.82) is 0 Å². The molecule has 1 saturated carbocycles. The van der Waals surface area contributed by atoms with Crippen LogP contribution in [0.4, 0.5) is 0 Å². The van der Waals surface area contributed by atoms with Gasteiger partial charge in [0, 0.05) is 23.9 Å². The maximum atomic E-state index is 5.47. The molecule has 0 saturated heterocycles. The van der Waals surface area contributed by atoms with Crippen molar-refractivity contribution in [2.24, 2.45) is 11.8 Å². The van der Waals surface area contributed by atoms with Crippen LogP contribution in [0, 0.1) is 25.7 Å². The smallest absolute Gasteiger partial charge is 0.128 e. The third-order valence-electron chi connectivity index (χ3n) is 5.02. The van der Waals surface area contributed by atoms with Gasteiger partial charge in [-0.15, -0.1) is 0 Å². The van der Waals surface area contributed by atoms with Crippen molar-refractivity contribution in [3.63, 3.8) is 0 Å². The van der Waals surface area contributed by atoms with E-state index in [4.69, 9.17) is 4.74 Å². The minimum atomic E-state index is 0.843. The Kier molecular flexibility index (Phi) is 6.04. The summed E-state index contributed by atoms with van der Waals surface area (Å²) in [6.07, 6.45) is 8.86. The number of hydrogen-bond acceptors (Lipinski definition) is 3. The molecule has 3 nitrogen and oxygen atoms in total. The molecule has 1 aromatic rings. The third kappa shape index (κ3) is 4.19. The van der Waals surface area contributed by atoms with Crippen LogP contribution in [0.3, 0.4) is 0 Å². The largest absolute Gasteiger partial charge is 0.496 e. The second-order valence-corrected chi connectivity index (χ2v) is 6.47. The highest BCUT2D eigenvalue weighted by molar-refractivity contribution is 5.40. The van der Waals surface area contributed by atoms with Gasteiger partial charge < -0.3 is 10.1 Å². The summed E-state index contributed by atoms with van der Waals surface area (Å²) in [5, 5.41) is 3.60. The molecule has 2 rings (SSSR count). The topological polar surface area (TPSA) is 34.2 Å². The van der Waals surface area contributed by atoms with Crippen LogP contribution in [0.1, 0.15) is 55.8 Å². The Morgan fingerprint density at radius 2 is 1.86 bits per heavy atom. The van der Waals surface area contributed by atoms with Gasteiger partial charge in [0.05, 0.1) is 12.8 Å². The molecule has 1 fully saturated rings. The van der Waals surface area contributed by atoms with E-state index in [1.165, 1.54) is 37.7 Å². The highest BCUT2D eigenvalue weighted by Gasteiger charge is 2.19. The fourth-order valence-corrected chi connectivity index (χ4v) is 3.49. The van der Waals surface area contributed by atoms with Crippen LogP contribution in [-0.2, 0) is 6.54 Å². The molecular weight excluding hydrogens is 260 g/mol. The van der Waals surface area contributed by atoms with Crippen LogP contribution in [0.15, 0.2) is 6.20 Å². The fourth-order valence-electron chi connectivity index (χ4n) is 3.49. The SMILES string of the molecule is CCC1CCC(CNCc2ncc(C)c(OC)c2C)CC1. The van der Waals surface area contributed by atoms with Crippen LogP contribution in [0.25, 0.3) is 0 Å². The van der Waals surface area contributed by atoms with Crippen LogP contribution >= 0.6 is 0 Å². The minimum Gasteiger partial charge on any atom is -0.496 e. The molecule has 0 aliphatic heterocycles. The van der Waals surface area contributed by atoms with E-state index in [1.807, 2.05) is 13.1 Å². The Morgan fingerprint density at radius 1 is 1.19 bits per heavy atom. The Hall–Kier alpha value is -1.09. The van der Waals surface area contributed by atoms with Crippen molar-refractivity contribution in [2.45, 2.75) is 59.4 Å². The molecule has 118 valence electrons. The minimum absolute atomic E-state index is 0.843. The molecule has 0 bridgehead atoms. The monoisotopic (exact) mass is 290 g/mol. The van der Waals surface area contributed by atoms with Gasteiger partial charge in [-0.3, -0.25) is 4.98 Å². The van der Waals surface area contributed by atoms with E-state index < -0.39 is 0 Å². The van der Waals surface area contributed by atoms with Gasteiger partial charge >= 0.3 is 0 Å². The molecule has 0 amide bonds. The molecule has 0 atom stereocenters. The van der Waals surface area contributed by atoms with Gasteiger partial charge in [-0.2, -0.15) is 0 Å². The number of aryl methyl sites for hydroxylation is 1. The lowest BCUT2D eigenvalue weighted by molar-refractivity contribution is 0.262. The van der Waals surface area contributed by atoms with Gasteiger partial charge in [0.2, 0.25) is 0 Å². The first kappa shape index (κ1) is 16.3. The first-order valence-corrected chi connectivity index (χ1v) is 8.35. The van der Waals surface area contributed by atoms with Gasteiger partial charge in [0.1, 0.15) is 5.75 Å². The molecule has 1 N–H and O–H groups in total. The summed E-state index contributed by atoms with van der Waals surface area (Å²) in [6.45, 7) is 8.43. The highest BCUT2D eigenvalue weighted by Crippen LogP contribution is 2.30. The fraction of sp³-hybridized carbons (Fsp3) is 0.722. The summed E-state index contributed by atoms with van der Waals surface area (Å²) < 4.78 is 5.47. The van der Waals surface area contributed by atoms with Crippen molar-refractivity contribution in [1.82, 2.24) is 10.3 Å². The Labute approximate surface area is 129 Å². The Morgan fingerprint density at radius 3 is 2.48 bits per heavy atom. The highest BCUT2D eigenvalue weighted by atomic mass is 16.5. The van der Waals surface area contributed by atoms with E-state index in [1.54, 1.807) is 7.11 Å². The van der Waals surface area contributed by atoms with E-state index in [9.17, 15) is 0 Å². The van der Waals surface area contributed by atoms with E-state index in [0.717, 1.165) is 41.9 Å². The van der Waals surface area contributed by atoms with Crippen LogP contribution in [-0.4, -0.2) is 18.6 Å². The lowest BCUT2D eigenvalue weighted by atomic mass is 9.81. The summed E-state index contributed by atoms with van der Waals surface area (Å²) in [5.74, 6) is 2.80. The van der Waals surface area contributed by atoms with Crippen molar-refractivity contribution >= 4 is 0 Å².